The van der Waals surface area contributed by atoms with E-state index in [-0.39, 0.29) is 18.1 Å². The molecule has 1 unspecified atom stereocenters. The van der Waals surface area contributed by atoms with Crippen LogP contribution in [0.2, 0.25) is 0 Å². The minimum absolute atomic E-state index is 0.110. The van der Waals surface area contributed by atoms with E-state index in [4.69, 9.17) is 11.6 Å². The average Bonchev–Trinajstić information content (AvgIpc) is 2.18. The summed E-state index contributed by atoms with van der Waals surface area (Å²) in [6, 6.07) is 5.29. The Kier molecular flexibility index (Phi) is 3.76. The largest absolute Gasteiger partial charge is 0.324 e. The monoisotopic (exact) mass is 211 g/mol. The highest BCUT2D eigenvalue weighted by Crippen LogP contribution is 2.14. The van der Waals surface area contributed by atoms with Gasteiger partial charge in [0.1, 0.15) is 5.82 Å². The van der Waals surface area contributed by atoms with Crippen molar-refractivity contribution in [2.24, 2.45) is 11.6 Å². The average molecular weight is 211 g/mol. The number of hydrogen-bond acceptors (Lipinski definition) is 3. The second-order valence-corrected chi connectivity index (χ2v) is 3.37. The second kappa shape index (κ2) is 4.86. The fraction of sp³-hybridized carbons (Fsp3) is 0.300. The van der Waals surface area contributed by atoms with Crippen LogP contribution < -0.4 is 11.6 Å². The summed E-state index contributed by atoms with van der Waals surface area (Å²) in [6.45, 7) is 0. The first-order valence-corrected chi connectivity index (χ1v) is 4.53. The van der Waals surface area contributed by atoms with Crippen LogP contribution >= 0.6 is 0 Å². The van der Waals surface area contributed by atoms with Gasteiger partial charge in [0.15, 0.2) is 0 Å². The fourth-order valence-corrected chi connectivity index (χ4v) is 1.16. The van der Waals surface area contributed by atoms with Crippen molar-refractivity contribution in [3.8, 4) is 0 Å². The van der Waals surface area contributed by atoms with Crippen LogP contribution in [0.15, 0.2) is 24.3 Å². The molecule has 4 N–H and O–H groups in total. The van der Waals surface area contributed by atoms with E-state index >= 15 is 0 Å². The van der Waals surface area contributed by atoms with E-state index in [9.17, 15) is 9.18 Å². The summed E-state index contributed by atoms with van der Waals surface area (Å²) in [6.07, 6.45) is 0.110. The first-order chi connectivity index (χ1) is 7.00. The Hall–Kier alpha value is -1.46. The summed E-state index contributed by atoms with van der Waals surface area (Å²) >= 11 is 0. The third kappa shape index (κ3) is 3.30. The third-order valence-corrected chi connectivity index (χ3v) is 2.09. The van der Waals surface area contributed by atoms with Crippen LogP contribution in [-0.2, 0) is 4.79 Å². The van der Waals surface area contributed by atoms with Crippen molar-refractivity contribution in [1.29, 1.82) is 0 Å². The van der Waals surface area contributed by atoms with E-state index < -0.39 is 6.04 Å². The summed E-state index contributed by atoms with van der Waals surface area (Å²) in [7, 11) is 1.46. The summed E-state index contributed by atoms with van der Waals surface area (Å²) < 4.78 is 12.6. The van der Waals surface area contributed by atoms with Crippen LogP contribution in [0.1, 0.15) is 18.0 Å². The number of carbonyl (C=O) groups excluding carboxylic acids is 1. The summed E-state index contributed by atoms with van der Waals surface area (Å²) in [5.41, 5.74) is 6.47. The maximum atomic E-state index is 12.6. The number of nitrogens with two attached hydrogens (primary N) is 2. The molecule has 82 valence electrons. The smallest absolute Gasteiger partial charge is 0.238 e. The molecule has 1 atom stereocenters. The molecular formula is C10H14FN3O. The Morgan fingerprint density at radius 2 is 2.00 bits per heavy atom. The predicted molar refractivity (Wildman–Crippen MR) is 54.9 cm³/mol. The molecule has 1 amide bonds. The van der Waals surface area contributed by atoms with Crippen LogP contribution in [0, 0.1) is 5.82 Å². The molecular weight excluding hydrogens is 197 g/mol. The normalized spacial score (nSPS) is 12.3. The van der Waals surface area contributed by atoms with Gasteiger partial charge >= 0.3 is 0 Å². The molecule has 0 aliphatic rings. The SMILES string of the molecule is CN(N)C(=O)CC(N)c1ccc(F)cc1. The van der Waals surface area contributed by atoms with Crippen LogP contribution in [-0.4, -0.2) is 18.0 Å². The zero-order valence-corrected chi connectivity index (χ0v) is 8.48. The zero-order valence-electron chi connectivity index (χ0n) is 8.48. The molecule has 4 nitrogen and oxygen atoms in total. The Morgan fingerprint density at radius 1 is 1.47 bits per heavy atom. The van der Waals surface area contributed by atoms with Crippen molar-refractivity contribution in [3.05, 3.63) is 35.6 Å². The van der Waals surface area contributed by atoms with Gasteiger partial charge in [0.05, 0.1) is 0 Å². The number of hydrogen-bond donors (Lipinski definition) is 2. The number of hydrazine groups is 1. The summed E-state index contributed by atoms with van der Waals surface area (Å²) in [4.78, 5) is 11.2. The lowest BCUT2D eigenvalue weighted by Gasteiger charge is -2.14. The maximum absolute atomic E-state index is 12.6. The van der Waals surface area contributed by atoms with Crippen molar-refractivity contribution in [3.63, 3.8) is 0 Å². The number of nitrogens with zero attached hydrogens (tertiary/aromatic N) is 1. The molecule has 1 aromatic carbocycles. The van der Waals surface area contributed by atoms with Gasteiger partial charge in [0, 0.05) is 19.5 Å². The molecule has 5 heteroatoms. The standard InChI is InChI=1S/C10H14FN3O/c1-14(13)10(15)6-9(12)7-2-4-8(11)5-3-7/h2-5,9H,6,12-13H2,1H3. The van der Waals surface area contributed by atoms with Crippen LogP contribution in [0.4, 0.5) is 4.39 Å². The number of benzene rings is 1. The van der Waals surface area contributed by atoms with Gasteiger partial charge in [-0.1, -0.05) is 12.1 Å². The van der Waals surface area contributed by atoms with E-state index in [1.165, 1.54) is 19.2 Å². The van der Waals surface area contributed by atoms with Crippen LogP contribution in [0.5, 0.6) is 0 Å². The Morgan fingerprint density at radius 3 is 2.47 bits per heavy atom. The molecule has 0 spiro atoms. The van der Waals surface area contributed by atoms with Crippen molar-refractivity contribution >= 4 is 5.91 Å². The van der Waals surface area contributed by atoms with Gasteiger partial charge in [-0.25, -0.2) is 10.2 Å². The number of halogens is 1. The molecule has 0 fully saturated rings. The lowest BCUT2D eigenvalue weighted by atomic mass is 10.0. The number of rotatable bonds is 3. The topological polar surface area (TPSA) is 72.3 Å². The molecule has 0 aliphatic heterocycles. The van der Waals surface area contributed by atoms with E-state index in [2.05, 4.69) is 0 Å². The zero-order chi connectivity index (χ0) is 11.4. The van der Waals surface area contributed by atoms with Crippen LogP contribution in [0.3, 0.4) is 0 Å². The summed E-state index contributed by atoms with van der Waals surface area (Å²) in [5.74, 6) is 4.67. The van der Waals surface area contributed by atoms with E-state index in [0.29, 0.717) is 5.56 Å². The van der Waals surface area contributed by atoms with E-state index in [1.54, 1.807) is 12.1 Å². The number of amides is 1. The molecule has 0 heterocycles. The molecule has 1 aromatic rings. The Bertz CT molecular complexity index is 337. The molecule has 0 aliphatic carbocycles. The first kappa shape index (κ1) is 11.6. The highest BCUT2D eigenvalue weighted by Gasteiger charge is 2.13. The van der Waals surface area contributed by atoms with Gasteiger partial charge in [0.2, 0.25) is 5.91 Å². The first-order valence-electron chi connectivity index (χ1n) is 4.53. The number of carbonyl (C=O) groups is 1. The van der Waals surface area contributed by atoms with Crippen molar-refractivity contribution < 1.29 is 9.18 Å². The van der Waals surface area contributed by atoms with Gasteiger partial charge in [0.25, 0.3) is 0 Å². The lowest BCUT2D eigenvalue weighted by Crippen LogP contribution is -2.35. The van der Waals surface area contributed by atoms with Crippen molar-refractivity contribution in [1.82, 2.24) is 5.01 Å². The maximum Gasteiger partial charge on any atom is 0.238 e. The molecule has 0 bridgehead atoms. The summed E-state index contributed by atoms with van der Waals surface area (Å²) in [5, 5.41) is 0.989. The molecule has 0 saturated carbocycles. The Balaban J connectivity index is 2.65. The molecule has 0 radical (unpaired) electrons. The van der Waals surface area contributed by atoms with Crippen molar-refractivity contribution in [2.45, 2.75) is 12.5 Å². The second-order valence-electron chi connectivity index (χ2n) is 3.37. The van der Waals surface area contributed by atoms with Crippen LogP contribution in [0.25, 0.3) is 0 Å². The fourth-order valence-electron chi connectivity index (χ4n) is 1.16. The molecule has 0 aromatic heterocycles. The van der Waals surface area contributed by atoms with Gasteiger partial charge in [-0.05, 0) is 17.7 Å². The molecule has 15 heavy (non-hydrogen) atoms. The van der Waals surface area contributed by atoms with E-state index in [0.717, 1.165) is 5.01 Å². The molecule has 1 rings (SSSR count). The predicted octanol–water partition coefficient (Wildman–Crippen LogP) is 0.548. The van der Waals surface area contributed by atoms with Gasteiger partial charge in [-0.3, -0.25) is 9.80 Å². The minimum Gasteiger partial charge on any atom is -0.324 e. The lowest BCUT2D eigenvalue weighted by molar-refractivity contribution is -0.130. The highest BCUT2D eigenvalue weighted by atomic mass is 19.1. The quantitative estimate of drug-likeness (QED) is 0.435. The van der Waals surface area contributed by atoms with Gasteiger partial charge in [-0.2, -0.15) is 0 Å². The molecule has 0 saturated heterocycles. The van der Waals surface area contributed by atoms with E-state index in [1.807, 2.05) is 0 Å². The highest BCUT2D eigenvalue weighted by molar-refractivity contribution is 5.76. The van der Waals surface area contributed by atoms with Crippen molar-refractivity contribution in [2.75, 3.05) is 7.05 Å². The third-order valence-electron chi connectivity index (χ3n) is 2.09. The van der Waals surface area contributed by atoms with Gasteiger partial charge < -0.3 is 5.73 Å². The minimum atomic E-state index is -0.455. The Labute approximate surface area is 87.6 Å². The van der Waals surface area contributed by atoms with Gasteiger partial charge in [-0.15, -0.1) is 0 Å².